The van der Waals surface area contributed by atoms with Crippen LogP contribution in [-0.4, -0.2) is 41.2 Å². The van der Waals surface area contributed by atoms with E-state index in [1.165, 1.54) is 28.8 Å². The quantitative estimate of drug-likeness (QED) is 0.834. The van der Waals surface area contributed by atoms with Gasteiger partial charge in [-0.2, -0.15) is 0 Å². The highest BCUT2D eigenvalue weighted by Crippen LogP contribution is 2.33. The zero-order valence-corrected chi connectivity index (χ0v) is 15.0. The van der Waals surface area contributed by atoms with Gasteiger partial charge in [0, 0.05) is 7.05 Å². The number of hydrogen-bond donors (Lipinski definition) is 1. The van der Waals surface area contributed by atoms with E-state index in [0.717, 1.165) is 11.3 Å². The standard InChI is InChI=1S/C19H16N2O4S/c1-21-17(22)16(11-12-3-9-15(25-2)10-4-12)26-19(21)20-14-7-5-13(6-8-14)18(23)24/h3-11H,1-2H3,(H,23,24). The zero-order valence-electron chi connectivity index (χ0n) is 14.2. The van der Waals surface area contributed by atoms with Gasteiger partial charge in [0.25, 0.3) is 5.91 Å². The Morgan fingerprint density at radius 3 is 2.38 bits per heavy atom. The first-order valence-electron chi connectivity index (χ1n) is 7.71. The van der Waals surface area contributed by atoms with Gasteiger partial charge in [-0.25, -0.2) is 9.79 Å². The Labute approximate surface area is 154 Å². The second-order valence-corrected chi connectivity index (χ2v) is 6.50. The molecule has 0 radical (unpaired) electrons. The fraction of sp³-hybridized carbons (Fsp3) is 0.105. The Morgan fingerprint density at radius 1 is 1.15 bits per heavy atom. The first-order chi connectivity index (χ1) is 12.5. The van der Waals surface area contributed by atoms with Crippen LogP contribution in [-0.2, 0) is 4.79 Å². The van der Waals surface area contributed by atoms with E-state index in [9.17, 15) is 9.59 Å². The maximum absolute atomic E-state index is 12.4. The van der Waals surface area contributed by atoms with Crippen molar-refractivity contribution in [3.63, 3.8) is 0 Å². The number of carbonyl (C=O) groups excluding carboxylic acids is 1. The van der Waals surface area contributed by atoms with Gasteiger partial charge in [-0.3, -0.25) is 9.69 Å². The third-order valence-electron chi connectivity index (χ3n) is 3.76. The van der Waals surface area contributed by atoms with Gasteiger partial charge >= 0.3 is 5.97 Å². The van der Waals surface area contributed by atoms with Crippen LogP contribution in [0.4, 0.5) is 5.69 Å². The number of carboxylic acid groups (broad SMARTS) is 1. The molecule has 26 heavy (non-hydrogen) atoms. The lowest BCUT2D eigenvalue weighted by molar-refractivity contribution is -0.121. The van der Waals surface area contributed by atoms with Crippen LogP contribution >= 0.6 is 11.8 Å². The van der Waals surface area contributed by atoms with E-state index in [1.807, 2.05) is 24.3 Å². The summed E-state index contributed by atoms with van der Waals surface area (Å²) in [6.07, 6.45) is 1.80. The molecule has 132 valence electrons. The number of aliphatic imine (C=N–C) groups is 1. The zero-order chi connectivity index (χ0) is 18.7. The van der Waals surface area contributed by atoms with Gasteiger partial charge in [0.15, 0.2) is 5.17 Å². The molecule has 1 aliphatic rings. The number of benzene rings is 2. The lowest BCUT2D eigenvalue weighted by Gasteiger charge is -2.07. The van der Waals surface area contributed by atoms with Gasteiger partial charge in [0.05, 0.1) is 23.3 Å². The number of thioether (sulfide) groups is 1. The van der Waals surface area contributed by atoms with Crippen LogP contribution in [0, 0.1) is 0 Å². The SMILES string of the molecule is COc1ccc(C=C2SC(=Nc3ccc(C(=O)O)cc3)N(C)C2=O)cc1. The van der Waals surface area contributed by atoms with Gasteiger partial charge in [-0.15, -0.1) is 0 Å². The van der Waals surface area contributed by atoms with Crippen molar-refractivity contribution in [3.8, 4) is 5.75 Å². The summed E-state index contributed by atoms with van der Waals surface area (Å²) in [4.78, 5) is 29.8. The number of aromatic carboxylic acids is 1. The van der Waals surface area contributed by atoms with Crippen molar-refractivity contribution in [1.29, 1.82) is 0 Å². The summed E-state index contributed by atoms with van der Waals surface area (Å²) in [5.74, 6) is -0.370. The van der Waals surface area contributed by atoms with Gasteiger partial charge in [-0.05, 0) is 59.8 Å². The van der Waals surface area contributed by atoms with E-state index in [1.54, 1.807) is 32.4 Å². The molecule has 1 amide bonds. The first-order valence-corrected chi connectivity index (χ1v) is 8.53. The molecular weight excluding hydrogens is 352 g/mol. The number of carbonyl (C=O) groups is 2. The number of hydrogen-bond acceptors (Lipinski definition) is 5. The van der Waals surface area contributed by atoms with Crippen LogP contribution in [0.25, 0.3) is 6.08 Å². The molecule has 1 N–H and O–H groups in total. The minimum absolute atomic E-state index is 0.133. The lowest BCUT2D eigenvalue weighted by Crippen LogP contribution is -2.23. The molecule has 0 aliphatic carbocycles. The van der Waals surface area contributed by atoms with Crippen LogP contribution in [0.1, 0.15) is 15.9 Å². The average Bonchev–Trinajstić information content (AvgIpc) is 2.91. The van der Waals surface area contributed by atoms with Crippen LogP contribution in [0.5, 0.6) is 5.75 Å². The summed E-state index contributed by atoms with van der Waals surface area (Å²) in [5, 5.41) is 9.48. The molecule has 1 fully saturated rings. The van der Waals surface area contributed by atoms with Crippen molar-refractivity contribution >= 4 is 40.6 Å². The van der Waals surface area contributed by atoms with Gasteiger partial charge in [0.1, 0.15) is 5.75 Å². The molecule has 0 bridgehead atoms. The molecule has 0 unspecified atom stereocenters. The molecule has 0 aromatic heterocycles. The number of methoxy groups -OCH3 is 1. The smallest absolute Gasteiger partial charge is 0.335 e. The minimum atomic E-state index is -0.989. The summed E-state index contributed by atoms with van der Waals surface area (Å²) in [6.45, 7) is 0. The largest absolute Gasteiger partial charge is 0.497 e. The maximum Gasteiger partial charge on any atom is 0.335 e. The number of amidine groups is 1. The van der Waals surface area contributed by atoms with Crippen molar-refractivity contribution in [2.75, 3.05) is 14.2 Å². The lowest BCUT2D eigenvalue weighted by atomic mass is 10.2. The molecule has 1 aliphatic heterocycles. The van der Waals surface area contributed by atoms with E-state index >= 15 is 0 Å². The van der Waals surface area contributed by atoms with Crippen molar-refractivity contribution < 1.29 is 19.4 Å². The summed E-state index contributed by atoms with van der Waals surface area (Å²) in [7, 11) is 3.26. The second-order valence-electron chi connectivity index (χ2n) is 5.49. The number of ether oxygens (including phenoxy) is 1. The van der Waals surface area contributed by atoms with Crippen LogP contribution in [0.15, 0.2) is 58.4 Å². The fourth-order valence-corrected chi connectivity index (χ4v) is 3.28. The molecular formula is C19H16N2O4S. The topological polar surface area (TPSA) is 79.2 Å². The normalized spacial score (nSPS) is 17.2. The summed E-state index contributed by atoms with van der Waals surface area (Å²) < 4.78 is 5.13. The number of amides is 1. The van der Waals surface area contributed by atoms with Gasteiger partial charge < -0.3 is 9.84 Å². The molecule has 0 spiro atoms. The fourth-order valence-electron chi connectivity index (χ4n) is 2.29. The Kier molecular flexibility index (Phi) is 5.09. The highest BCUT2D eigenvalue weighted by molar-refractivity contribution is 8.18. The van der Waals surface area contributed by atoms with Gasteiger partial charge in [0.2, 0.25) is 0 Å². The molecule has 1 heterocycles. The summed E-state index contributed by atoms with van der Waals surface area (Å²) in [5.41, 5.74) is 1.67. The van der Waals surface area contributed by atoms with E-state index in [-0.39, 0.29) is 11.5 Å². The molecule has 3 rings (SSSR count). The number of likely N-dealkylation sites (N-methyl/N-ethyl adjacent to an activating group) is 1. The highest BCUT2D eigenvalue weighted by Gasteiger charge is 2.30. The monoisotopic (exact) mass is 368 g/mol. The maximum atomic E-state index is 12.4. The third-order valence-corrected chi connectivity index (χ3v) is 4.82. The number of rotatable bonds is 4. The third kappa shape index (κ3) is 3.78. The molecule has 2 aromatic carbocycles. The first kappa shape index (κ1) is 17.8. The van der Waals surface area contributed by atoms with Crippen molar-refractivity contribution in [1.82, 2.24) is 4.90 Å². The van der Waals surface area contributed by atoms with Crippen LogP contribution in [0.3, 0.4) is 0 Å². The summed E-state index contributed by atoms with van der Waals surface area (Å²) >= 11 is 1.28. The van der Waals surface area contributed by atoms with Crippen molar-refractivity contribution in [2.24, 2.45) is 4.99 Å². The molecule has 0 atom stereocenters. The Hall–Kier alpha value is -3.06. The minimum Gasteiger partial charge on any atom is -0.497 e. The highest BCUT2D eigenvalue weighted by atomic mass is 32.2. The van der Waals surface area contributed by atoms with E-state index in [0.29, 0.717) is 15.8 Å². The molecule has 0 saturated carbocycles. The second kappa shape index (κ2) is 7.45. The average molecular weight is 368 g/mol. The summed E-state index contributed by atoms with van der Waals surface area (Å²) in [6, 6.07) is 13.6. The van der Waals surface area contributed by atoms with Crippen LogP contribution in [0.2, 0.25) is 0 Å². The van der Waals surface area contributed by atoms with Crippen molar-refractivity contribution in [2.45, 2.75) is 0 Å². The molecule has 1 saturated heterocycles. The Balaban J connectivity index is 1.83. The molecule has 7 heteroatoms. The Morgan fingerprint density at radius 2 is 1.81 bits per heavy atom. The van der Waals surface area contributed by atoms with E-state index in [2.05, 4.69) is 4.99 Å². The predicted molar refractivity (Wildman–Crippen MR) is 102 cm³/mol. The predicted octanol–water partition coefficient (Wildman–Crippen LogP) is 3.63. The van der Waals surface area contributed by atoms with E-state index < -0.39 is 5.97 Å². The molecule has 6 nitrogen and oxygen atoms in total. The van der Waals surface area contributed by atoms with Crippen LogP contribution < -0.4 is 4.74 Å². The van der Waals surface area contributed by atoms with Crippen molar-refractivity contribution in [3.05, 3.63) is 64.6 Å². The van der Waals surface area contributed by atoms with Gasteiger partial charge in [-0.1, -0.05) is 12.1 Å². The number of carboxylic acids is 1. The number of nitrogens with zero attached hydrogens (tertiary/aromatic N) is 2. The molecule has 2 aromatic rings. The Bertz CT molecular complexity index is 902. The van der Waals surface area contributed by atoms with E-state index in [4.69, 9.17) is 9.84 Å².